The quantitative estimate of drug-likeness (QED) is 0.294. The molecule has 0 saturated carbocycles. The van der Waals surface area contributed by atoms with Gasteiger partial charge >= 0.3 is 5.97 Å². The van der Waals surface area contributed by atoms with Crippen molar-refractivity contribution in [2.24, 2.45) is 10.8 Å². The van der Waals surface area contributed by atoms with E-state index in [0.29, 0.717) is 0 Å². The second-order valence-electron chi connectivity index (χ2n) is 2.47. The van der Waals surface area contributed by atoms with Crippen LogP contribution in [0.2, 0.25) is 0 Å². The third-order valence-electron chi connectivity index (χ3n) is 1.37. The smallest absolute Gasteiger partial charge is 0.320 e. The van der Waals surface area contributed by atoms with Crippen LogP contribution in [0.3, 0.4) is 0 Å². The molecule has 0 aliphatic rings. The van der Waals surface area contributed by atoms with Crippen LogP contribution in [-0.4, -0.2) is 36.1 Å². The lowest BCUT2D eigenvalue weighted by Gasteiger charge is -2.06. The van der Waals surface area contributed by atoms with Gasteiger partial charge in [0.15, 0.2) is 0 Å². The van der Waals surface area contributed by atoms with Crippen molar-refractivity contribution < 1.29 is 14.7 Å². The molecule has 4 N–H and O–H groups in total. The molecule has 0 aromatic carbocycles. The number of carboxylic acid groups (broad SMARTS) is 1. The monoisotopic (exact) mass is 201 g/mol. The summed E-state index contributed by atoms with van der Waals surface area (Å²) in [5.74, 6) is -1.57. The number of amides is 1. The summed E-state index contributed by atoms with van der Waals surface area (Å²) in [6, 6.07) is -0.991. The number of aliphatic carboxylic acids is 1. The van der Waals surface area contributed by atoms with Gasteiger partial charge in [0, 0.05) is 11.5 Å². The summed E-state index contributed by atoms with van der Waals surface area (Å²) in [6.45, 7) is -0.147. The Labute approximate surface area is 79.7 Å². The molecule has 0 rings (SSSR count). The molecule has 1 amide bonds. The second-order valence-corrected chi connectivity index (χ2v) is 2.47. The van der Waals surface area contributed by atoms with Gasteiger partial charge in [0.2, 0.25) is 5.91 Å². The van der Waals surface area contributed by atoms with Crippen molar-refractivity contribution in [1.82, 2.24) is 5.32 Å². The lowest BCUT2D eigenvalue weighted by Crippen LogP contribution is -2.35. The van der Waals surface area contributed by atoms with Gasteiger partial charge in [-0.1, -0.05) is 5.11 Å². The standard InChI is InChI=1S/C6H11N5O3/c7-4(6(13)14)1-2-9-5(12)3-10-11-8/h4H,1-3,7H2,(H,9,12)(H,13,14). The Kier molecular flexibility index (Phi) is 5.84. The molecule has 8 heteroatoms. The summed E-state index contributed by atoms with van der Waals surface area (Å²) in [5, 5.41) is 13.8. The molecule has 1 atom stereocenters. The van der Waals surface area contributed by atoms with E-state index in [-0.39, 0.29) is 19.5 Å². The molecular weight excluding hydrogens is 190 g/mol. The Hall–Kier alpha value is -1.79. The number of nitrogens with one attached hydrogen (secondary N) is 1. The van der Waals surface area contributed by atoms with Gasteiger partial charge < -0.3 is 16.2 Å². The van der Waals surface area contributed by atoms with E-state index in [4.69, 9.17) is 16.4 Å². The van der Waals surface area contributed by atoms with Gasteiger partial charge in [-0.05, 0) is 12.0 Å². The van der Waals surface area contributed by atoms with Gasteiger partial charge in [-0.25, -0.2) is 0 Å². The number of azide groups is 1. The molecule has 0 aliphatic heterocycles. The van der Waals surface area contributed by atoms with E-state index >= 15 is 0 Å². The molecule has 0 aromatic heterocycles. The molecule has 8 nitrogen and oxygen atoms in total. The van der Waals surface area contributed by atoms with Crippen LogP contribution in [0.25, 0.3) is 10.4 Å². The fourth-order valence-electron chi connectivity index (χ4n) is 0.642. The van der Waals surface area contributed by atoms with E-state index in [2.05, 4.69) is 15.3 Å². The third-order valence-corrected chi connectivity index (χ3v) is 1.37. The van der Waals surface area contributed by atoms with Gasteiger partial charge in [0.1, 0.15) is 12.6 Å². The zero-order valence-corrected chi connectivity index (χ0v) is 7.38. The first kappa shape index (κ1) is 12.2. The predicted molar refractivity (Wildman–Crippen MR) is 47.3 cm³/mol. The number of hydrogen-bond donors (Lipinski definition) is 3. The number of carbonyl (C=O) groups excluding carboxylic acids is 1. The highest BCUT2D eigenvalue weighted by Crippen LogP contribution is 1.85. The van der Waals surface area contributed by atoms with E-state index in [1.165, 1.54) is 0 Å². The minimum absolute atomic E-state index is 0.136. The highest BCUT2D eigenvalue weighted by molar-refractivity contribution is 5.78. The summed E-state index contributed by atoms with van der Waals surface area (Å²) in [5.41, 5.74) is 13.1. The van der Waals surface area contributed by atoms with Crippen molar-refractivity contribution in [2.75, 3.05) is 13.1 Å². The average Bonchev–Trinajstić information content (AvgIpc) is 2.14. The van der Waals surface area contributed by atoms with Gasteiger partial charge in [0.25, 0.3) is 0 Å². The fraction of sp³-hybridized carbons (Fsp3) is 0.667. The number of hydrogen-bond acceptors (Lipinski definition) is 4. The summed E-state index contributed by atoms with van der Waals surface area (Å²) in [4.78, 5) is 23.4. The van der Waals surface area contributed by atoms with Crippen LogP contribution in [0.5, 0.6) is 0 Å². The van der Waals surface area contributed by atoms with Gasteiger partial charge in [-0.2, -0.15) is 0 Å². The Morgan fingerprint density at radius 2 is 2.29 bits per heavy atom. The molecular formula is C6H11N5O3. The van der Waals surface area contributed by atoms with Crippen molar-refractivity contribution in [2.45, 2.75) is 12.5 Å². The predicted octanol–water partition coefficient (Wildman–Crippen LogP) is -0.785. The maximum absolute atomic E-state index is 10.8. The zero-order chi connectivity index (χ0) is 11.0. The number of rotatable bonds is 6. The largest absolute Gasteiger partial charge is 0.480 e. The Morgan fingerprint density at radius 1 is 1.64 bits per heavy atom. The highest BCUT2D eigenvalue weighted by Gasteiger charge is 2.10. The highest BCUT2D eigenvalue weighted by atomic mass is 16.4. The van der Waals surface area contributed by atoms with E-state index in [9.17, 15) is 9.59 Å². The maximum atomic E-state index is 10.8. The van der Waals surface area contributed by atoms with E-state index in [1.54, 1.807) is 0 Å². The second kappa shape index (κ2) is 6.70. The van der Waals surface area contributed by atoms with Gasteiger partial charge in [0.05, 0.1) is 0 Å². The number of nitrogens with zero attached hydrogens (tertiary/aromatic N) is 3. The van der Waals surface area contributed by atoms with Crippen molar-refractivity contribution >= 4 is 11.9 Å². The Balaban J connectivity index is 3.58. The van der Waals surface area contributed by atoms with E-state index in [1.807, 2.05) is 0 Å². The summed E-state index contributed by atoms with van der Waals surface area (Å²) < 4.78 is 0. The number of carbonyl (C=O) groups is 2. The minimum atomic E-state index is -1.12. The first-order valence-corrected chi connectivity index (χ1v) is 3.84. The van der Waals surface area contributed by atoms with Gasteiger partial charge in [-0.3, -0.25) is 9.59 Å². The van der Waals surface area contributed by atoms with Crippen LogP contribution < -0.4 is 11.1 Å². The van der Waals surface area contributed by atoms with Crippen LogP contribution in [0.15, 0.2) is 5.11 Å². The first-order valence-electron chi connectivity index (χ1n) is 3.84. The Bertz CT molecular complexity index is 260. The van der Waals surface area contributed by atoms with Gasteiger partial charge in [-0.15, -0.1) is 0 Å². The molecule has 14 heavy (non-hydrogen) atoms. The zero-order valence-electron chi connectivity index (χ0n) is 7.38. The maximum Gasteiger partial charge on any atom is 0.320 e. The Morgan fingerprint density at radius 3 is 2.79 bits per heavy atom. The van der Waals surface area contributed by atoms with Crippen molar-refractivity contribution in [3.63, 3.8) is 0 Å². The molecule has 0 spiro atoms. The van der Waals surface area contributed by atoms with Crippen LogP contribution in [0.4, 0.5) is 0 Å². The topological polar surface area (TPSA) is 141 Å². The van der Waals surface area contributed by atoms with Crippen LogP contribution in [-0.2, 0) is 9.59 Å². The fourth-order valence-corrected chi connectivity index (χ4v) is 0.642. The van der Waals surface area contributed by atoms with Crippen molar-refractivity contribution in [1.29, 1.82) is 0 Å². The minimum Gasteiger partial charge on any atom is -0.480 e. The van der Waals surface area contributed by atoms with Crippen LogP contribution in [0, 0.1) is 0 Å². The lowest BCUT2D eigenvalue weighted by molar-refractivity contribution is -0.138. The van der Waals surface area contributed by atoms with Crippen LogP contribution >= 0.6 is 0 Å². The molecule has 0 radical (unpaired) electrons. The molecule has 78 valence electrons. The lowest BCUT2D eigenvalue weighted by atomic mass is 10.2. The number of carboxylic acids is 1. The molecule has 0 bridgehead atoms. The van der Waals surface area contributed by atoms with E-state index in [0.717, 1.165) is 0 Å². The van der Waals surface area contributed by atoms with Crippen molar-refractivity contribution in [3.05, 3.63) is 10.4 Å². The molecule has 1 unspecified atom stereocenters. The first-order chi connectivity index (χ1) is 6.57. The average molecular weight is 201 g/mol. The molecule has 0 aromatic rings. The van der Waals surface area contributed by atoms with Crippen molar-refractivity contribution in [3.8, 4) is 0 Å². The third kappa shape index (κ3) is 5.81. The summed E-state index contributed by atoms with van der Waals surface area (Å²) >= 11 is 0. The number of nitrogens with two attached hydrogens (primary N) is 1. The summed E-state index contributed by atoms with van der Waals surface area (Å²) in [6.07, 6.45) is 0.136. The normalized spacial score (nSPS) is 11.2. The molecule has 0 aliphatic carbocycles. The van der Waals surface area contributed by atoms with Crippen LogP contribution in [0.1, 0.15) is 6.42 Å². The molecule has 0 saturated heterocycles. The summed E-state index contributed by atoms with van der Waals surface area (Å²) in [7, 11) is 0. The molecule has 0 heterocycles. The van der Waals surface area contributed by atoms with E-state index < -0.39 is 17.9 Å². The SMILES string of the molecule is [N-]=[N+]=NCC(=O)NCCC(N)C(=O)O. The molecule has 0 fully saturated rings.